The Morgan fingerprint density at radius 3 is 2.77 bits per heavy atom. The quantitative estimate of drug-likeness (QED) is 0.734. The van der Waals surface area contributed by atoms with E-state index in [2.05, 4.69) is 39.4 Å². The fourth-order valence-corrected chi connectivity index (χ4v) is 3.01. The lowest BCUT2D eigenvalue weighted by molar-refractivity contribution is 0.500. The first kappa shape index (κ1) is 13.3. The maximum atomic E-state index is 6.17. The summed E-state index contributed by atoms with van der Waals surface area (Å²) in [5.74, 6) is 1.07. The van der Waals surface area contributed by atoms with E-state index in [0.717, 1.165) is 18.5 Å². The molecule has 0 spiro atoms. The van der Waals surface area contributed by atoms with Gasteiger partial charge in [-0.05, 0) is 30.2 Å². The molecule has 0 aliphatic carbocycles. The fourth-order valence-electron chi connectivity index (χ4n) is 2.80. The molecule has 0 N–H and O–H groups in total. The van der Waals surface area contributed by atoms with Gasteiger partial charge in [-0.25, -0.2) is 0 Å². The monoisotopic (exact) mass is 311 g/mol. The summed E-state index contributed by atoms with van der Waals surface area (Å²) in [6.07, 6.45) is 1.06. The lowest BCUT2D eigenvalue weighted by Gasteiger charge is -2.16. The third-order valence-corrected chi connectivity index (χ3v) is 4.21. The number of anilines is 1. The molecule has 0 unspecified atom stereocenters. The van der Waals surface area contributed by atoms with Crippen LogP contribution in [0.25, 0.3) is 11.5 Å². The normalized spacial score (nSPS) is 13.4. The maximum absolute atomic E-state index is 6.17. The molecule has 1 aromatic heterocycles. The van der Waals surface area contributed by atoms with Crippen LogP contribution in [0.15, 0.2) is 52.9 Å². The summed E-state index contributed by atoms with van der Waals surface area (Å²) in [7, 11) is 0. The molecule has 4 nitrogen and oxygen atoms in total. The Labute approximate surface area is 133 Å². The SMILES string of the molecule is Clc1ccccc1-c1nnc(CN2CCc3ccccc32)o1. The molecule has 0 radical (unpaired) electrons. The standard InChI is InChI=1S/C17H14ClN3O/c18-14-7-3-2-6-13(14)17-20-19-16(22-17)11-21-10-9-12-5-1-4-8-15(12)21/h1-8H,9-11H2. The van der Waals surface area contributed by atoms with Crippen LogP contribution >= 0.6 is 11.6 Å². The van der Waals surface area contributed by atoms with Gasteiger partial charge >= 0.3 is 0 Å². The molecule has 0 atom stereocenters. The van der Waals surface area contributed by atoms with Crippen LogP contribution in [0, 0.1) is 0 Å². The largest absolute Gasteiger partial charge is 0.419 e. The number of halogens is 1. The maximum Gasteiger partial charge on any atom is 0.249 e. The Bertz CT molecular complexity index is 815. The molecule has 3 aromatic rings. The van der Waals surface area contributed by atoms with E-state index in [-0.39, 0.29) is 0 Å². The molecule has 0 fully saturated rings. The predicted molar refractivity (Wildman–Crippen MR) is 85.9 cm³/mol. The van der Waals surface area contributed by atoms with Crippen molar-refractivity contribution in [3.05, 3.63) is 65.0 Å². The van der Waals surface area contributed by atoms with Crippen LogP contribution in [0.5, 0.6) is 0 Å². The van der Waals surface area contributed by atoms with Gasteiger partial charge in [-0.2, -0.15) is 0 Å². The van der Waals surface area contributed by atoms with Crippen LogP contribution in [0.2, 0.25) is 5.02 Å². The van der Waals surface area contributed by atoms with Crippen LogP contribution in [0.1, 0.15) is 11.5 Å². The number of benzene rings is 2. The first-order valence-corrected chi connectivity index (χ1v) is 7.59. The van der Waals surface area contributed by atoms with Crippen molar-refractivity contribution in [2.75, 3.05) is 11.4 Å². The van der Waals surface area contributed by atoms with Crippen molar-refractivity contribution in [3.63, 3.8) is 0 Å². The summed E-state index contributed by atoms with van der Waals surface area (Å²) in [6.45, 7) is 1.59. The molecule has 0 bridgehead atoms. The van der Waals surface area contributed by atoms with E-state index in [0.29, 0.717) is 23.3 Å². The highest BCUT2D eigenvalue weighted by Crippen LogP contribution is 2.30. The van der Waals surface area contributed by atoms with Crippen molar-refractivity contribution >= 4 is 17.3 Å². The highest BCUT2D eigenvalue weighted by atomic mass is 35.5. The minimum atomic E-state index is 0.466. The Hall–Kier alpha value is -2.33. The third kappa shape index (κ3) is 2.35. The first-order chi connectivity index (χ1) is 10.8. The highest BCUT2D eigenvalue weighted by molar-refractivity contribution is 6.33. The van der Waals surface area contributed by atoms with Crippen LogP contribution in [0.3, 0.4) is 0 Å². The summed E-state index contributed by atoms with van der Waals surface area (Å²) in [4.78, 5) is 2.26. The van der Waals surface area contributed by atoms with Gasteiger partial charge in [-0.3, -0.25) is 0 Å². The molecule has 5 heteroatoms. The number of aromatic nitrogens is 2. The molecule has 2 aromatic carbocycles. The summed E-state index contributed by atoms with van der Waals surface area (Å²) in [5.41, 5.74) is 3.39. The minimum absolute atomic E-state index is 0.466. The van der Waals surface area contributed by atoms with Crippen LogP contribution in [0.4, 0.5) is 5.69 Å². The van der Waals surface area contributed by atoms with Gasteiger partial charge in [0.05, 0.1) is 17.1 Å². The molecule has 22 heavy (non-hydrogen) atoms. The second kappa shape index (κ2) is 5.46. The second-order valence-electron chi connectivity index (χ2n) is 5.28. The van der Waals surface area contributed by atoms with E-state index in [1.807, 2.05) is 24.3 Å². The molecule has 0 saturated heterocycles. The lowest BCUT2D eigenvalue weighted by atomic mass is 10.2. The zero-order valence-corrected chi connectivity index (χ0v) is 12.6. The Balaban J connectivity index is 1.58. The number of nitrogens with zero attached hydrogens (tertiary/aromatic N) is 3. The van der Waals surface area contributed by atoms with Crippen molar-refractivity contribution < 1.29 is 4.42 Å². The van der Waals surface area contributed by atoms with Crippen molar-refractivity contribution in [1.82, 2.24) is 10.2 Å². The van der Waals surface area contributed by atoms with Crippen LogP contribution < -0.4 is 4.90 Å². The van der Waals surface area contributed by atoms with Crippen molar-refractivity contribution in [1.29, 1.82) is 0 Å². The van der Waals surface area contributed by atoms with Crippen molar-refractivity contribution in [2.45, 2.75) is 13.0 Å². The number of rotatable bonds is 3. The molecule has 0 saturated carbocycles. The number of hydrogen-bond acceptors (Lipinski definition) is 4. The molecule has 2 heterocycles. The van der Waals surface area contributed by atoms with Gasteiger partial charge in [0.1, 0.15) is 0 Å². The number of hydrogen-bond donors (Lipinski definition) is 0. The third-order valence-electron chi connectivity index (χ3n) is 3.88. The van der Waals surface area contributed by atoms with Crippen LogP contribution in [-0.2, 0) is 13.0 Å². The molecule has 110 valence electrons. The van der Waals surface area contributed by atoms with E-state index >= 15 is 0 Å². The zero-order valence-electron chi connectivity index (χ0n) is 11.9. The molecular weight excluding hydrogens is 298 g/mol. The van der Waals surface area contributed by atoms with E-state index in [9.17, 15) is 0 Å². The summed E-state index contributed by atoms with van der Waals surface area (Å²) >= 11 is 6.17. The van der Waals surface area contributed by atoms with Crippen molar-refractivity contribution in [2.24, 2.45) is 0 Å². The Morgan fingerprint density at radius 2 is 1.86 bits per heavy atom. The molecule has 1 aliphatic heterocycles. The lowest BCUT2D eigenvalue weighted by Crippen LogP contribution is -2.19. The average molecular weight is 312 g/mol. The smallest absolute Gasteiger partial charge is 0.249 e. The number of fused-ring (bicyclic) bond motifs is 1. The van der Waals surface area contributed by atoms with E-state index in [1.165, 1.54) is 11.3 Å². The topological polar surface area (TPSA) is 42.2 Å². The van der Waals surface area contributed by atoms with Gasteiger partial charge in [0.2, 0.25) is 11.8 Å². The Morgan fingerprint density at radius 1 is 1.05 bits per heavy atom. The van der Waals surface area contributed by atoms with E-state index in [4.69, 9.17) is 16.0 Å². The van der Waals surface area contributed by atoms with Gasteiger partial charge in [-0.15, -0.1) is 10.2 Å². The molecule has 0 amide bonds. The van der Waals surface area contributed by atoms with Gasteiger partial charge in [0.15, 0.2) is 0 Å². The summed E-state index contributed by atoms with van der Waals surface area (Å²) in [5, 5.41) is 8.89. The van der Waals surface area contributed by atoms with Gasteiger partial charge < -0.3 is 9.32 Å². The molecular formula is C17H14ClN3O. The van der Waals surface area contributed by atoms with E-state index < -0.39 is 0 Å². The molecule has 1 aliphatic rings. The van der Waals surface area contributed by atoms with E-state index in [1.54, 1.807) is 0 Å². The van der Waals surface area contributed by atoms with Gasteiger partial charge in [0.25, 0.3) is 0 Å². The average Bonchev–Trinajstić information content (AvgIpc) is 3.16. The predicted octanol–water partition coefficient (Wildman–Crippen LogP) is 3.95. The molecule has 4 rings (SSSR count). The first-order valence-electron chi connectivity index (χ1n) is 7.21. The zero-order chi connectivity index (χ0) is 14.9. The van der Waals surface area contributed by atoms with Crippen molar-refractivity contribution in [3.8, 4) is 11.5 Å². The minimum Gasteiger partial charge on any atom is -0.419 e. The highest BCUT2D eigenvalue weighted by Gasteiger charge is 2.21. The van der Waals surface area contributed by atoms with Crippen LogP contribution in [-0.4, -0.2) is 16.7 Å². The Kier molecular flexibility index (Phi) is 3.31. The summed E-state index contributed by atoms with van der Waals surface area (Å²) in [6, 6.07) is 15.9. The second-order valence-corrected chi connectivity index (χ2v) is 5.69. The summed E-state index contributed by atoms with van der Waals surface area (Å²) < 4.78 is 5.78. The fraction of sp³-hybridized carbons (Fsp3) is 0.176. The van der Waals surface area contributed by atoms with Gasteiger partial charge in [-0.1, -0.05) is 41.9 Å². The van der Waals surface area contributed by atoms with Gasteiger partial charge in [0, 0.05) is 12.2 Å². The number of para-hydroxylation sites is 1.